The third-order valence-electron chi connectivity index (χ3n) is 2.99. The van der Waals surface area contributed by atoms with Crippen molar-refractivity contribution in [1.82, 2.24) is 0 Å². The van der Waals surface area contributed by atoms with Gasteiger partial charge in [-0.05, 0) is 19.3 Å². The van der Waals surface area contributed by atoms with Gasteiger partial charge in [-0.15, -0.1) is 0 Å². The number of rotatable bonds is 3. The highest BCUT2D eigenvalue weighted by Crippen LogP contribution is 2.27. The SMILES string of the molecule is Fc1c(F)c(F)c(NCC2CCCCO2)c(F)c1F. The third-order valence-corrected chi connectivity index (χ3v) is 2.99. The molecule has 1 aliphatic heterocycles. The van der Waals surface area contributed by atoms with Crippen LogP contribution in [0.4, 0.5) is 27.6 Å². The summed E-state index contributed by atoms with van der Waals surface area (Å²) in [6.07, 6.45) is 2.20. The van der Waals surface area contributed by atoms with E-state index < -0.39 is 34.8 Å². The summed E-state index contributed by atoms with van der Waals surface area (Å²) in [7, 11) is 0. The fourth-order valence-corrected chi connectivity index (χ4v) is 1.94. The quantitative estimate of drug-likeness (QED) is 0.521. The molecular formula is C12H12F5NO. The minimum atomic E-state index is -2.16. The van der Waals surface area contributed by atoms with Gasteiger partial charge in [-0.25, -0.2) is 22.0 Å². The van der Waals surface area contributed by atoms with Crippen molar-refractivity contribution in [2.75, 3.05) is 18.5 Å². The Morgan fingerprint density at radius 2 is 1.47 bits per heavy atom. The van der Waals surface area contributed by atoms with E-state index in [1.165, 1.54) is 0 Å². The second-order valence-corrected chi connectivity index (χ2v) is 4.31. The molecule has 19 heavy (non-hydrogen) atoms. The van der Waals surface area contributed by atoms with Crippen molar-refractivity contribution >= 4 is 5.69 Å². The molecule has 7 heteroatoms. The Labute approximate surface area is 106 Å². The summed E-state index contributed by atoms with van der Waals surface area (Å²) < 4.78 is 70.6. The summed E-state index contributed by atoms with van der Waals surface area (Å²) in [5, 5.41) is 2.24. The zero-order chi connectivity index (χ0) is 14.0. The molecule has 2 rings (SSSR count). The van der Waals surface area contributed by atoms with Crippen LogP contribution in [0.1, 0.15) is 19.3 Å². The summed E-state index contributed by atoms with van der Waals surface area (Å²) >= 11 is 0. The number of anilines is 1. The average molecular weight is 281 g/mol. The van der Waals surface area contributed by atoms with Gasteiger partial charge >= 0.3 is 0 Å². The Morgan fingerprint density at radius 3 is 2.00 bits per heavy atom. The van der Waals surface area contributed by atoms with Gasteiger partial charge in [0, 0.05) is 13.2 Å². The zero-order valence-electron chi connectivity index (χ0n) is 9.91. The average Bonchev–Trinajstić information content (AvgIpc) is 2.44. The number of nitrogens with one attached hydrogen (secondary N) is 1. The van der Waals surface area contributed by atoms with E-state index in [1.807, 2.05) is 0 Å². The van der Waals surface area contributed by atoms with Gasteiger partial charge in [0.15, 0.2) is 23.3 Å². The van der Waals surface area contributed by atoms with Gasteiger partial charge in [-0.3, -0.25) is 0 Å². The molecule has 106 valence electrons. The van der Waals surface area contributed by atoms with E-state index in [4.69, 9.17) is 4.74 Å². The van der Waals surface area contributed by atoms with Crippen molar-refractivity contribution in [3.63, 3.8) is 0 Å². The molecule has 1 saturated heterocycles. The standard InChI is InChI=1S/C12H12F5NO/c13-7-8(14)10(16)12(11(17)9(7)15)18-5-6-3-1-2-4-19-6/h6,18H,1-5H2. The van der Waals surface area contributed by atoms with Crippen LogP contribution in [0.2, 0.25) is 0 Å². The second kappa shape index (κ2) is 5.73. The molecule has 0 amide bonds. The topological polar surface area (TPSA) is 21.3 Å². The molecule has 1 atom stereocenters. The highest BCUT2D eigenvalue weighted by Gasteiger charge is 2.26. The number of ether oxygens (including phenoxy) is 1. The van der Waals surface area contributed by atoms with Gasteiger partial charge in [0.1, 0.15) is 5.69 Å². The lowest BCUT2D eigenvalue weighted by atomic mass is 10.1. The van der Waals surface area contributed by atoms with Gasteiger partial charge in [-0.2, -0.15) is 0 Å². The van der Waals surface area contributed by atoms with E-state index in [1.54, 1.807) is 0 Å². The summed E-state index contributed by atoms with van der Waals surface area (Å²) in [6.45, 7) is 0.530. The van der Waals surface area contributed by atoms with E-state index in [-0.39, 0.29) is 12.6 Å². The molecule has 0 radical (unpaired) electrons. The van der Waals surface area contributed by atoms with Gasteiger partial charge in [0.05, 0.1) is 6.10 Å². The van der Waals surface area contributed by atoms with E-state index in [9.17, 15) is 22.0 Å². The predicted octanol–water partition coefficient (Wildman–Crippen LogP) is 3.36. The van der Waals surface area contributed by atoms with E-state index in [0.29, 0.717) is 13.0 Å². The number of benzene rings is 1. The fraction of sp³-hybridized carbons (Fsp3) is 0.500. The lowest BCUT2D eigenvalue weighted by Gasteiger charge is -2.23. The smallest absolute Gasteiger partial charge is 0.200 e. The maximum Gasteiger partial charge on any atom is 0.200 e. The Bertz CT molecular complexity index is 445. The molecule has 1 N–H and O–H groups in total. The molecule has 1 aromatic carbocycles. The van der Waals surface area contributed by atoms with Crippen LogP contribution >= 0.6 is 0 Å². The minimum Gasteiger partial charge on any atom is -0.378 e. The first kappa shape index (κ1) is 14.0. The number of hydrogen-bond donors (Lipinski definition) is 1. The monoisotopic (exact) mass is 281 g/mol. The highest BCUT2D eigenvalue weighted by atomic mass is 19.2. The molecule has 0 aromatic heterocycles. The highest BCUT2D eigenvalue weighted by molar-refractivity contribution is 5.47. The van der Waals surface area contributed by atoms with Gasteiger partial charge in [-0.1, -0.05) is 0 Å². The maximum atomic E-state index is 13.3. The van der Waals surface area contributed by atoms with Crippen molar-refractivity contribution in [2.45, 2.75) is 25.4 Å². The maximum absolute atomic E-state index is 13.3. The third kappa shape index (κ3) is 2.80. The molecule has 2 nitrogen and oxygen atoms in total. The van der Waals surface area contributed by atoms with Crippen molar-refractivity contribution < 1.29 is 26.7 Å². The second-order valence-electron chi connectivity index (χ2n) is 4.31. The summed E-state index contributed by atoms with van der Waals surface area (Å²) in [5.74, 6) is -9.77. The van der Waals surface area contributed by atoms with Crippen molar-refractivity contribution in [1.29, 1.82) is 0 Å². The molecule has 1 aromatic rings. The number of halogens is 5. The van der Waals surface area contributed by atoms with Crippen molar-refractivity contribution in [3.05, 3.63) is 29.1 Å². The molecule has 0 saturated carbocycles. The first-order valence-electron chi connectivity index (χ1n) is 5.89. The molecule has 0 bridgehead atoms. The normalized spacial score (nSPS) is 19.5. The first-order chi connectivity index (χ1) is 9.02. The molecule has 1 unspecified atom stereocenters. The number of hydrogen-bond acceptors (Lipinski definition) is 2. The van der Waals surface area contributed by atoms with E-state index in [2.05, 4.69) is 5.32 Å². The van der Waals surface area contributed by atoms with Crippen molar-refractivity contribution in [3.8, 4) is 0 Å². The van der Waals surface area contributed by atoms with Crippen LogP contribution in [0.5, 0.6) is 0 Å². The van der Waals surface area contributed by atoms with Crippen LogP contribution in [0, 0.1) is 29.1 Å². The van der Waals surface area contributed by atoms with E-state index in [0.717, 1.165) is 12.8 Å². The minimum absolute atomic E-state index is 0.00163. The molecule has 0 spiro atoms. The van der Waals surface area contributed by atoms with Gasteiger partial charge in [0.25, 0.3) is 0 Å². The predicted molar refractivity (Wildman–Crippen MR) is 58.3 cm³/mol. The summed E-state index contributed by atoms with van der Waals surface area (Å²) in [5.41, 5.74) is -1.01. The largest absolute Gasteiger partial charge is 0.378 e. The van der Waals surface area contributed by atoms with Crippen LogP contribution in [0.25, 0.3) is 0 Å². The first-order valence-corrected chi connectivity index (χ1v) is 5.89. The van der Waals surface area contributed by atoms with Crippen LogP contribution in [-0.4, -0.2) is 19.3 Å². The zero-order valence-corrected chi connectivity index (χ0v) is 9.91. The summed E-state index contributed by atoms with van der Waals surface area (Å²) in [6, 6.07) is 0. The Balaban J connectivity index is 2.15. The molecule has 1 heterocycles. The van der Waals surface area contributed by atoms with Crippen LogP contribution in [0.15, 0.2) is 0 Å². The van der Waals surface area contributed by atoms with Crippen LogP contribution in [0.3, 0.4) is 0 Å². The summed E-state index contributed by atoms with van der Waals surface area (Å²) in [4.78, 5) is 0. The van der Waals surface area contributed by atoms with Gasteiger partial charge in [0.2, 0.25) is 5.82 Å². The van der Waals surface area contributed by atoms with Crippen molar-refractivity contribution in [2.24, 2.45) is 0 Å². The Kier molecular flexibility index (Phi) is 4.24. The Hall–Kier alpha value is -1.37. The molecule has 0 aliphatic carbocycles. The van der Waals surface area contributed by atoms with Gasteiger partial charge < -0.3 is 10.1 Å². The van der Waals surface area contributed by atoms with E-state index >= 15 is 0 Å². The molecule has 1 fully saturated rings. The van der Waals surface area contributed by atoms with Crippen LogP contribution < -0.4 is 5.32 Å². The lowest BCUT2D eigenvalue weighted by Crippen LogP contribution is -2.28. The Morgan fingerprint density at radius 1 is 0.895 bits per heavy atom. The lowest BCUT2D eigenvalue weighted by molar-refractivity contribution is 0.0247. The molecule has 1 aliphatic rings. The fourth-order valence-electron chi connectivity index (χ4n) is 1.94. The van der Waals surface area contributed by atoms with Crippen LogP contribution in [-0.2, 0) is 4.74 Å². The molecular weight excluding hydrogens is 269 g/mol.